The molecule has 3 nitrogen and oxygen atoms in total. The predicted octanol–water partition coefficient (Wildman–Crippen LogP) is 1.92. The molecule has 60 valence electrons. The van der Waals surface area contributed by atoms with Crippen molar-refractivity contribution in [1.29, 1.82) is 0 Å². The quantitative estimate of drug-likeness (QED) is 0.590. The average molecular weight is 283 g/mol. The van der Waals surface area contributed by atoms with Crippen molar-refractivity contribution in [2.75, 3.05) is 0 Å². The molecule has 0 radical (unpaired) electrons. The third kappa shape index (κ3) is 1.90. The Hall–Kier alpha value is -0.160. The summed E-state index contributed by atoms with van der Waals surface area (Å²) in [6.07, 6.45) is 3.60. The summed E-state index contributed by atoms with van der Waals surface area (Å²) in [6.45, 7) is 0. The zero-order valence-corrected chi connectivity index (χ0v) is 8.59. The maximum absolute atomic E-state index is 10.6. The van der Waals surface area contributed by atoms with Crippen molar-refractivity contribution in [3.63, 3.8) is 0 Å². The Labute approximate surface area is 80.5 Å². The first-order valence-corrected chi connectivity index (χ1v) is 4.46. The lowest BCUT2D eigenvalue weighted by molar-refractivity contribution is -0.139. The summed E-state index contributed by atoms with van der Waals surface area (Å²) in [5, 5.41) is 8.68. The number of nitrogens with zero attached hydrogens (tertiary/aromatic N) is 1. The molecule has 1 unspecified atom stereocenters. The fraction of sp³-hybridized carbons (Fsp3) is 0.333. The van der Waals surface area contributed by atoms with Gasteiger partial charge in [0.2, 0.25) is 4.45 Å². The van der Waals surface area contributed by atoms with Gasteiger partial charge in [-0.25, -0.2) is 4.79 Å². The van der Waals surface area contributed by atoms with Gasteiger partial charge < -0.3 is 5.11 Å². The molecule has 1 N–H and O–H groups in total. The smallest absolute Gasteiger partial charge is 0.343 e. The number of hydrogen-bond acceptors (Lipinski definition) is 2. The first kappa shape index (κ1) is 8.93. The van der Waals surface area contributed by atoms with Crippen molar-refractivity contribution in [3.05, 3.63) is 10.6 Å². The van der Waals surface area contributed by atoms with Gasteiger partial charge in [-0.3, -0.25) is 4.99 Å². The van der Waals surface area contributed by atoms with E-state index in [1.54, 1.807) is 6.08 Å². The van der Waals surface area contributed by atoms with Crippen LogP contribution in [0.3, 0.4) is 0 Å². The standard InChI is InChI=1S/C6H5Br2NO2/c7-4-1-2-6(8,5(10)11)9-3-4/h1,3H,2H2,(H,10,11). The zero-order chi connectivity index (χ0) is 8.48. The molecule has 0 saturated heterocycles. The molecule has 0 amide bonds. The lowest BCUT2D eigenvalue weighted by Gasteiger charge is -2.18. The maximum Gasteiger partial charge on any atom is 0.343 e. The van der Waals surface area contributed by atoms with Gasteiger partial charge in [-0.15, -0.1) is 0 Å². The molecule has 0 aromatic rings. The monoisotopic (exact) mass is 281 g/mol. The number of carboxylic acids is 1. The molecule has 1 rings (SSSR count). The van der Waals surface area contributed by atoms with Crippen LogP contribution in [0.15, 0.2) is 15.6 Å². The van der Waals surface area contributed by atoms with E-state index in [1.165, 1.54) is 6.21 Å². The number of carbonyl (C=O) groups is 1. The summed E-state index contributed by atoms with van der Waals surface area (Å²) < 4.78 is -0.335. The SMILES string of the molecule is O=C(O)C1(Br)CC=C(Br)C=N1. The Kier molecular flexibility index (Phi) is 2.49. The number of aliphatic carboxylic acids is 1. The van der Waals surface area contributed by atoms with Crippen LogP contribution in [0.25, 0.3) is 0 Å². The van der Waals surface area contributed by atoms with Crippen LogP contribution in [0.5, 0.6) is 0 Å². The molecule has 0 bridgehead atoms. The van der Waals surface area contributed by atoms with Crippen LogP contribution in [-0.4, -0.2) is 21.7 Å². The topological polar surface area (TPSA) is 49.7 Å². The van der Waals surface area contributed by atoms with Crippen LogP contribution in [0, 0.1) is 0 Å². The molecule has 0 fully saturated rings. The van der Waals surface area contributed by atoms with E-state index in [4.69, 9.17) is 5.11 Å². The van der Waals surface area contributed by atoms with Gasteiger partial charge in [-0.05, 0) is 31.9 Å². The summed E-state index contributed by atoms with van der Waals surface area (Å²) >= 11 is 6.21. The van der Waals surface area contributed by atoms with E-state index in [9.17, 15) is 4.79 Å². The van der Waals surface area contributed by atoms with E-state index < -0.39 is 10.4 Å². The zero-order valence-electron chi connectivity index (χ0n) is 5.42. The number of allylic oxidation sites excluding steroid dienone is 1. The largest absolute Gasteiger partial charge is 0.479 e. The summed E-state index contributed by atoms with van der Waals surface area (Å²) in [4.78, 5) is 14.4. The highest BCUT2D eigenvalue weighted by atomic mass is 79.9. The van der Waals surface area contributed by atoms with E-state index >= 15 is 0 Å². The third-order valence-corrected chi connectivity index (χ3v) is 2.68. The summed E-state index contributed by atoms with van der Waals surface area (Å²) in [5.41, 5.74) is 0. The Morgan fingerprint density at radius 3 is 2.82 bits per heavy atom. The number of dihydropyridines is 1. The maximum atomic E-state index is 10.6. The molecule has 1 heterocycles. The minimum absolute atomic E-state index is 0.361. The highest BCUT2D eigenvalue weighted by Crippen LogP contribution is 2.29. The molecule has 0 aliphatic carbocycles. The molecule has 0 aromatic carbocycles. The first-order valence-electron chi connectivity index (χ1n) is 2.88. The van der Waals surface area contributed by atoms with Crippen molar-refractivity contribution >= 4 is 44.0 Å². The van der Waals surface area contributed by atoms with Gasteiger partial charge in [0, 0.05) is 17.1 Å². The van der Waals surface area contributed by atoms with Crippen LogP contribution >= 0.6 is 31.9 Å². The summed E-state index contributed by atoms with van der Waals surface area (Å²) in [6, 6.07) is 0. The minimum atomic E-state index is -1.15. The van der Waals surface area contributed by atoms with E-state index in [-0.39, 0.29) is 0 Å². The fourth-order valence-corrected chi connectivity index (χ4v) is 1.17. The van der Waals surface area contributed by atoms with Gasteiger partial charge in [0.1, 0.15) is 0 Å². The highest BCUT2D eigenvalue weighted by Gasteiger charge is 2.34. The fourth-order valence-electron chi connectivity index (χ4n) is 0.645. The van der Waals surface area contributed by atoms with Crippen LogP contribution < -0.4 is 0 Å². The number of rotatable bonds is 1. The van der Waals surface area contributed by atoms with E-state index in [0.29, 0.717) is 6.42 Å². The van der Waals surface area contributed by atoms with E-state index in [2.05, 4.69) is 36.9 Å². The molecular formula is C6H5Br2NO2. The Bertz CT molecular complexity index is 249. The number of carboxylic acid groups (broad SMARTS) is 1. The molecule has 11 heavy (non-hydrogen) atoms. The van der Waals surface area contributed by atoms with Gasteiger partial charge in [0.05, 0.1) is 0 Å². The summed E-state index contributed by atoms with van der Waals surface area (Å²) in [5.74, 6) is -0.968. The van der Waals surface area contributed by atoms with Crippen molar-refractivity contribution in [3.8, 4) is 0 Å². The average Bonchev–Trinajstić information content (AvgIpc) is 1.95. The minimum Gasteiger partial charge on any atom is -0.479 e. The first-order chi connectivity index (χ1) is 5.04. The number of alkyl halides is 1. The second-order valence-electron chi connectivity index (χ2n) is 2.12. The predicted molar refractivity (Wildman–Crippen MR) is 49.4 cm³/mol. The van der Waals surface area contributed by atoms with Crippen molar-refractivity contribution in [2.45, 2.75) is 10.9 Å². The van der Waals surface area contributed by atoms with Crippen LogP contribution in [-0.2, 0) is 4.79 Å². The number of hydrogen-bond donors (Lipinski definition) is 1. The van der Waals surface area contributed by atoms with Crippen LogP contribution in [0.1, 0.15) is 6.42 Å². The number of aliphatic imine (C=N–C) groups is 1. The Morgan fingerprint density at radius 1 is 1.82 bits per heavy atom. The van der Waals surface area contributed by atoms with Gasteiger partial charge in [0.25, 0.3) is 0 Å². The van der Waals surface area contributed by atoms with Crippen molar-refractivity contribution in [1.82, 2.24) is 0 Å². The molecule has 1 aliphatic heterocycles. The van der Waals surface area contributed by atoms with Gasteiger partial charge >= 0.3 is 5.97 Å². The Balaban J connectivity index is 2.82. The summed E-state index contributed by atoms with van der Waals surface area (Å²) in [7, 11) is 0. The van der Waals surface area contributed by atoms with Crippen LogP contribution in [0.4, 0.5) is 0 Å². The second-order valence-corrected chi connectivity index (χ2v) is 4.34. The van der Waals surface area contributed by atoms with Gasteiger partial charge in [0.15, 0.2) is 0 Å². The molecular weight excluding hydrogens is 278 g/mol. The molecule has 1 atom stereocenters. The lowest BCUT2D eigenvalue weighted by Crippen LogP contribution is -2.30. The highest BCUT2D eigenvalue weighted by molar-refractivity contribution is 9.12. The molecule has 0 saturated carbocycles. The van der Waals surface area contributed by atoms with Gasteiger partial charge in [-0.1, -0.05) is 6.08 Å². The second kappa shape index (κ2) is 3.06. The molecule has 0 spiro atoms. The lowest BCUT2D eigenvalue weighted by atomic mass is 10.2. The normalized spacial score (nSPS) is 29.8. The van der Waals surface area contributed by atoms with E-state index in [1.807, 2.05) is 0 Å². The van der Waals surface area contributed by atoms with E-state index in [0.717, 1.165) is 4.48 Å². The van der Waals surface area contributed by atoms with Crippen molar-refractivity contribution in [2.24, 2.45) is 4.99 Å². The van der Waals surface area contributed by atoms with Crippen molar-refractivity contribution < 1.29 is 9.90 Å². The van der Waals surface area contributed by atoms with Gasteiger partial charge in [-0.2, -0.15) is 0 Å². The number of halogens is 2. The Morgan fingerprint density at radius 2 is 2.45 bits per heavy atom. The van der Waals surface area contributed by atoms with Crippen LogP contribution in [0.2, 0.25) is 0 Å². The molecule has 5 heteroatoms. The third-order valence-electron chi connectivity index (χ3n) is 1.29. The molecule has 0 aromatic heterocycles. The molecule has 1 aliphatic rings.